The van der Waals surface area contributed by atoms with E-state index in [4.69, 9.17) is 12.7 Å². The van der Waals surface area contributed by atoms with E-state index in [1.54, 1.807) is 0 Å². The van der Waals surface area contributed by atoms with E-state index in [2.05, 4.69) is 39.3 Å². The van der Waals surface area contributed by atoms with E-state index in [0.717, 1.165) is 13.0 Å². The van der Waals surface area contributed by atoms with Gasteiger partial charge < -0.3 is 12.7 Å². The van der Waals surface area contributed by atoms with Crippen LogP contribution in [-0.2, 0) is 12.7 Å². The third-order valence-electron chi connectivity index (χ3n) is 2.12. The highest BCUT2D eigenvalue weighted by molar-refractivity contribution is 6.69. The molecule has 2 unspecified atom stereocenters. The van der Waals surface area contributed by atoms with Crippen LogP contribution < -0.4 is 0 Å². The largest absolute Gasteiger partial charge is 0.444 e. The molecule has 0 aromatic carbocycles. The second-order valence-corrected chi connectivity index (χ2v) is 15.9. The van der Waals surface area contributed by atoms with Crippen molar-refractivity contribution in [1.82, 2.24) is 0 Å². The van der Waals surface area contributed by atoms with Crippen LogP contribution in [0.3, 0.4) is 0 Å². The minimum Gasteiger partial charge on any atom is -0.444 e. The zero-order valence-electron chi connectivity index (χ0n) is 11.7. The van der Waals surface area contributed by atoms with Gasteiger partial charge in [0.1, 0.15) is 9.76 Å². The lowest BCUT2D eigenvalue weighted by Crippen LogP contribution is -2.29. The van der Waals surface area contributed by atoms with Crippen molar-refractivity contribution >= 4 is 36.4 Å². The Morgan fingerprint density at radius 1 is 1.19 bits per heavy atom. The summed E-state index contributed by atoms with van der Waals surface area (Å²) in [4.78, 5) is 0. The van der Waals surface area contributed by atoms with E-state index in [1.807, 2.05) is 0 Å². The molecule has 0 bridgehead atoms. The van der Waals surface area contributed by atoms with Gasteiger partial charge in [-0.15, -0.1) is 0 Å². The molecule has 0 amide bonds. The topological polar surface area (TPSA) is 27.7 Å². The van der Waals surface area contributed by atoms with Gasteiger partial charge in [0, 0.05) is 6.61 Å². The van der Waals surface area contributed by atoms with Crippen LogP contribution in [0, 0.1) is 0 Å². The predicted octanol–water partition coefficient (Wildman–Crippen LogP) is 1.60. The van der Waals surface area contributed by atoms with Crippen molar-refractivity contribution in [2.75, 3.05) is 6.61 Å². The van der Waals surface area contributed by atoms with Crippen LogP contribution in [0.25, 0.3) is 0 Å². The average molecular weight is 297 g/mol. The molecule has 0 aliphatic carbocycles. The highest BCUT2D eigenvalue weighted by atomic mass is 28.4. The fourth-order valence-corrected chi connectivity index (χ4v) is 8.98. The summed E-state index contributed by atoms with van der Waals surface area (Å²) >= 11 is 0. The van der Waals surface area contributed by atoms with Crippen LogP contribution in [-0.4, -0.2) is 43.0 Å². The molecular weight excluding hydrogens is 268 g/mol. The molecular formula is C9H28O3Si4. The molecule has 0 aliphatic rings. The first-order valence-corrected chi connectivity index (χ1v) is 16.2. The lowest BCUT2D eigenvalue weighted by molar-refractivity contribution is 0.309. The molecule has 0 saturated carbocycles. The number of rotatable bonds is 9. The summed E-state index contributed by atoms with van der Waals surface area (Å²) in [5.74, 6) is 0. The molecule has 0 heterocycles. The second kappa shape index (κ2) is 8.78. The highest BCUT2D eigenvalue weighted by Crippen LogP contribution is 2.07. The van der Waals surface area contributed by atoms with Crippen molar-refractivity contribution in [3.05, 3.63) is 0 Å². The summed E-state index contributed by atoms with van der Waals surface area (Å²) < 4.78 is 17.4. The fraction of sp³-hybridized carbons (Fsp3) is 1.00. The first-order valence-electron chi connectivity index (χ1n) is 6.26. The maximum atomic E-state index is 5.97. The second-order valence-electron chi connectivity index (χ2n) is 5.07. The van der Waals surface area contributed by atoms with Crippen LogP contribution in [0.5, 0.6) is 0 Å². The van der Waals surface area contributed by atoms with E-state index >= 15 is 0 Å². The van der Waals surface area contributed by atoms with Crippen molar-refractivity contribution in [3.63, 3.8) is 0 Å². The summed E-state index contributed by atoms with van der Waals surface area (Å²) in [5.41, 5.74) is 0. The van der Waals surface area contributed by atoms with Crippen LogP contribution in [0.4, 0.5) is 0 Å². The SMILES string of the molecule is C[SiH2]O[SiH](C)O[SiH](C)CCCO[Si](C)(C)C. The maximum Gasteiger partial charge on any atom is 0.297 e. The molecule has 7 heteroatoms. The normalized spacial score (nSPS) is 16.9. The molecule has 0 aliphatic heterocycles. The van der Waals surface area contributed by atoms with E-state index in [0.29, 0.717) is 0 Å². The van der Waals surface area contributed by atoms with E-state index in [-0.39, 0.29) is 9.76 Å². The Hall–Kier alpha value is 0.748. The summed E-state index contributed by atoms with van der Waals surface area (Å²) in [6, 6.07) is 1.22. The monoisotopic (exact) mass is 296 g/mol. The molecule has 3 nitrogen and oxygen atoms in total. The molecule has 0 fully saturated rings. The Balaban J connectivity index is 3.47. The Morgan fingerprint density at radius 2 is 1.81 bits per heavy atom. The standard InChI is InChI=1S/C9H28O3Si4/c1-13-11-15(3)12-14(2)9-7-8-10-16(4,5)6/h14-15H,7-9,13H2,1-6H3. The van der Waals surface area contributed by atoms with E-state index < -0.39 is 26.6 Å². The first-order chi connectivity index (χ1) is 7.35. The number of hydrogen-bond donors (Lipinski definition) is 0. The Bertz CT molecular complexity index is 175. The van der Waals surface area contributed by atoms with Gasteiger partial charge in [-0.2, -0.15) is 0 Å². The van der Waals surface area contributed by atoms with Gasteiger partial charge in [-0.3, -0.25) is 0 Å². The summed E-state index contributed by atoms with van der Waals surface area (Å²) in [7, 11) is -3.83. The molecule has 98 valence electrons. The van der Waals surface area contributed by atoms with Gasteiger partial charge in [0.05, 0.1) is 0 Å². The van der Waals surface area contributed by atoms with Gasteiger partial charge in [-0.1, -0.05) is 6.55 Å². The third kappa shape index (κ3) is 11.2. The van der Waals surface area contributed by atoms with Gasteiger partial charge in [-0.05, 0) is 45.2 Å². The van der Waals surface area contributed by atoms with Gasteiger partial charge in [0.2, 0.25) is 0 Å². The van der Waals surface area contributed by atoms with Crippen molar-refractivity contribution in [3.8, 4) is 0 Å². The Morgan fingerprint density at radius 3 is 2.31 bits per heavy atom. The smallest absolute Gasteiger partial charge is 0.297 e. The predicted molar refractivity (Wildman–Crippen MR) is 81.3 cm³/mol. The zero-order chi connectivity index (χ0) is 12.6. The van der Waals surface area contributed by atoms with E-state index in [9.17, 15) is 0 Å². The molecule has 0 radical (unpaired) electrons. The van der Waals surface area contributed by atoms with Crippen LogP contribution >= 0.6 is 0 Å². The Kier molecular flexibility index (Phi) is 9.19. The van der Waals surface area contributed by atoms with Gasteiger partial charge in [0.15, 0.2) is 17.4 Å². The Labute approximate surface area is 108 Å². The molecule has 0 N–H and O–H groups in total. The van der Waals surface area contributed by atoms with Crippen molar-refractivity contribution in [1.29, 1.82) is 0 Å². The molecule has 16 heavy (non-hydrogen) atoms. The maximum absolute atomic E-state index is 5.97. The zero-order valence-corrected chi connectivity index (χ0v) is 16.4. The highest BCUT2D eigenvalue weighted by Gasteiger charge is 2.15. The van der Waals surface area contributed by atoms with Crippen molar-refractivity contribution < 1.29 is 12.7 Å². The molecule has 2 atom stereocenters. The quantitative estimate of drug-likeness (QED) is 0.478. The molecule has 0 aromatic heterocycles. The van der Waals surface area contributed by atoms with Gasteiger partial charge in [-0.25, -0.2) is 0 Å². The number of hydrogen-bond acceptors (Lipinski definition) is 3. The van der Waals surface area contributed by atoms with Crippen LogP contribution in [0.1, 0.15) is 6.42 Å². The van der Waals surface area contributed by atoms with Crippen molar-refractivity contribution in [2.45, 2.75) is 51.7 Å². The van der Waals surface area contributed by atoms with Gasteiger partial charge >= 0.3 is 0 Å². The summed E-state index contributed by atoms with van der Waals surface area (Å²) in [6.45, 7) is 14.2. The summed E-state index contributed by atoms with van der Waals surface area (Å²) in [5, 5.41) is 0. The third-order valence-corrected chi connectivity index (χ3v) is 11.0. The van der Waals surface area contributed by atoms with Crippen LogP contribution in [0.15, 0.2) is 0 Å². The van der Waals surface area contributed by atoms with E-state index in [1.165, 1.54) is 6.04 Å². The fourth-order valence-electron chi connectivity index (χ4n) is 1.42. The minimum absolute atomic E-state index is 0.279. The minimum atomic E-state index is -1.31. The lowest BCUT2D eigenvalue weighted by Gasteiger charge is -2.19. The molecule has 0 spiro atoms. The lowest BCUT2D eigenvalue weighted by atomic mass is 10.5. The molecule has 0 saturated heterocycles. The van der Waals surface area contributed by atoms with Gasteiger partial charge in [0.25, 0.3) is 9.28 Å². The average Bonchev–Trinajstić information content (AvgIpc) is 2.11. The van der Waals surface area contributed by atoms with Crippen LogP contribution in [0.2, 0.25) is 45.3 Å². The first kappa shape index (κ1) is 16.7. The molecule has 0 rings (SSSR count). The summed E-state index contributed by atoms with van der Waals surface area (Å²) in [6.07, 6.45) is 1.16. The van der Waals surface area contributed by atoms with Crippen molar-refractivity contribution in [2.24, 2.45) is 0 Å². The molecule has 0 aromatic rings.